The van der Waals surface area contributed by atoms with Gasteiger partial charge in [-0.2, -0.15) is 26.3 Å². The number of pyridine rings is 1. The molecule has 0 amide bonds. The van der Waals surface area contributed by atoms with Crippen LogP contribution in [0.4, 0.5) is 13.2 Å². The van der Waals surface area contributed by atoms with Crippen molar-refractivity contribution in [3.63, 3.8) is 0 Å². The Bertz CT molecular complexity index is 1110. The van der Waals surface area contributed by atoms with Crippen molar-refractivity contribution in [2.75, 3.05) is 7.11 Å². The molecule has 0 bridgehead atoms. The fourth-order valence-electron chi connectivity index (χ4n) is 2.80. The number of nitrogens with one attached hydrogen (secondary N) is 1. The fourth-order valence-corrected chi connectivity index (χ4v) is 3.17. The van der Waals surface area contributed by atoms with E-state index in [0.717, 1.165) is 6.20 Å². The number of methoxy groups -OCH3 is 1. The number of ether oxygens (including phenoxy) is 1. The average Bonchev–Trinajstić information content (AvgIpc) is 2.64. The van der Waals surface area contributed by atoms with Gasteiger partial charge in [-0.3, -0.25) is 4.98 Å². The van der Waals surface area contributed by atoms with Gasteiger partial charge in [0.05, 0.1) is 18.2 Å². The van der Waals surface area contributed by atoms with Crippen LogP contribution >= 0.6 is 0 Å². The van der Waals surface area contributed by atoms with Crippen molar-refractivity contribution in [1.29, 1.82) is 0 Å². The lowest BCUT2D eigenvalue weighted by Crippen LogP contribution is -2.30. The molecular weight excluding hydrogens is 395 g/mol. The maximum absolute atomic E-state index is 13.6. The molecule has 3 N–H and O–H groups in total. The molecule has 0 radical (unpaired) electrons. The zero-order valence-electron chi connectivity index (χ0n) is 14.6. The molecule has 2 aromatic carbocycles. The maximum atomic E-state index is 13.6. The number of fused-ring (bicyclic) bond motifs is 1. The van der Waals surface area contributed by atoms with Crippen LogP contribution in [0.3, 0.4) is 0 Å². The lowest BCUT2D eigenvalue weighted by atomic mass is 9.95. The molecule has 0 spiro atoms. The minimum absolute atomic E-state index is 0.00823. The lowest BCUT2D eigenvalue weighted by molar-refractivity contribution is -0.137. The molecule has 1 aromatic heterocycles. The maximum Gasteiger partial charge on any atom is 0.418 e. The van der Waals surface area contributed by atoms with Crippen LogP contribution in [-0.2, 0) is 22.9 Å². The Morgan fingerprint density at radius 1 is 1.14 bits per heavy atom. The number of rotatable bonds is 5. The van der Waals surface area contributed by atoms with E-state index < -0.39 is 21.9 Å². The van der Waals surface area contributed by atoms with E-state index >= 15 is 0 Å². The van der Waals surface area contributed by atoms with Gasteiger partial charge in [0.15, 0.2) is 0 Å². The highest BCUT2D eigenvalue weighted by Crippen LogP contribution is 2.41. The summed E-state index contributed by atoms with van der Waals surface area (Å²) in [6.07, 6.45) is -3.79. The summed E-state index contributed by atoms with van der Waals surface area (Å²) in [5.41, 5.74) is 0.365. The summed E-state index contributed by atoms with van der Waals surface area (Å²) in [4.78, 5) is 3.93. The first-order chi connectivity index (χ1) is 13.1. The Kier molecular flexibility index (Phi) is 5.28. The zero-order chi connectivity index (χ0) is 20.5. The van der Waals surface area contributed by atoms with E-state index in [9.17, 15) is 21.6 Å². The van der Waals surface area contributed by atoms with Gasteiger partial charge in [-0.1, -0.05) is 24.3 Å². The molecule has 28 heavy (non-hydrogen) atoms. The molecular formula is C18H16F3N3O3S. The first-order valence-corrected chi connectivity index (χ1v) is 9.54. The predicted molar refractivity (Wildman–Crippen MR) is 98.7 cm³/mol. The topological polar surface area (TPSA) is 94.3 Å². The molecule has 0 aliphatic carbocycles. The Hall–Kier alpha value is -2.69. The van der Waals surface area contributed by atoms with Crippen LogP contribution in [0, 0.1) is 0 Å². The summed E-state index contributed by atoms with van der Waals surface area (Å²) in [6.45, 7) is -0.0699. The van der Waals surface area contributed by atoms with Gasteiger partial charge in [0, 0.05) is 29.8 Å². The minimum atomic E-state index is -4.59. The number of alkyl halides is 3. The van der Waals surface area contributed by atoms with Crippen LogP contribution in [0.5, 0.6) is 5.75 Å². The van der Waals surface area contributed by atoms with E-state index in [4.69, 9.17) is 9.88 Å². The van der Waals surface area contributed by atoms with E-state index in [1.54, 1.807) is 12.1 Å². The number of aromatic nitrogens is 1. The summed E-state index contributed by atoms with van der Waals surface area (Å²) in [5.74, 6) is 0.482. The molecule has 0 atom stereocenters. The third-order valence-corrected chi connectivity index (χ3v) is 4.65. The van der Waals surface area contributed by atoms with Crippen LogP contribution < -0.4 is 14.6 Å². The highest BCUT2D eigenvalue weighted by atomic mass is 32.2. The van der Waals surface area contributed by atoms with Crippen LogP contribution in [0.25, 0.3) is 22.0 Å². The number of halogens is 3. The first kappa shape index (κ1) is 20.1. The van der Waals surface area contributed by atoms with Gasteiger partial charge in [-0.15, -0.1) is 0 Å². The number of hydrogen-bond donors (Lipinski definition) is 2. The van der Waals surface area contributed by atoms with Crippen molar-refractivity contribution in [3.8, 4) is 16.9 Å². The van der Waals surface area contributed by atoms with Gasteiger partial charge in [0.25, 0.3) is 10.2 Å². The average molecular weight is 411 g/mol. The molecule has 3 aromatic rings. The summed E-state index contributed by atoms with van der Waals surface area (Å²) in [7, 11) is -2.41. The Morgan fingerprint density at radius 2 is 1.82 bits per heavy atom. The summed E-state index contributed by atoms with van der Waals surface area (Å²) >= 11 is 0. The third-order valence-electron chi connectivity index (χ3n) is 4.10. The van der Waals surface area contributed by atoms with E-state index in [0.29, 0.717) is 27.8 Å². The molecule has 0 saturated heterocycles. The number of nitrogens with zero attached hydrogens (tertiary/aromatic N) is 1. The first-order valence-electron chi connectivity index (χ1n) is 7.99. The molecule has 1 heterocycles. The lowest BCUT2D eigenvalue weighted by Gasteiger charge is -2.16. The van der Waals surface area contributed by atoms with Gasteiger partial charge in [0.1, 0.15) is 5.75 Å². The Morgan fingerprint density at radius 3 is 2.39 bits per heavy atom. The van der Waals surface area contributed by atoms with Crippen LogP contribution in [0.2, 0.25) is 0 Å². The molecule has 0 fully saturated rings. The highest BCUT2D eigenvalue weighted by molar-refractivity contribution is 7.87. The van der Waals surface area contributed by atoms with Crippen molar-refractivity contribution >= 4 is 21.1 Å². The number of nitrogens with two attached hydrogens (primary N) is 1. The normalized spacial score (nSPS) is 12.3. The zero-order valence-corrected chi connectivity index (χ0v) is 15.4. The molecule has 6 nitrogen and oxygen atoms in total. The van der Waals surface area contributed by atoms with Crippen molar-refractivity contribution < 1.29 is 26.3 Å². The number of benzene rings is 2. The molecule has 0 aliphatic rings. The fraction of sp³-hybridized carbons (Fsp3) is 0.167. The van der Waals surface area contributed by atoms with Crippen LogP contribution in [0.15, 0.2) is 48.7 Å². The predicted octanol–water partition coefficient (Wildman–Crippen LogP) is 3.22. The molecule has 0 aliphatic heterocycles. The van der Waals surface area contributed by atoms with Crippen molar-refractivity contribution in [3.05, 3.63) is 59.8 Å². The molecule has 0 unspecified atom stereocenters. The van der Waals surface area contributed by atoms with Crippen molar-refractivity contribution in [2.45, 2.75) is 12.7 Å². The van der Waals surface area contributed by atoms with E-state index in [2.05, 4.69) is 9.71 Å². The van der Waals surface area contributed by atoms with Crippen LogP contribution in [-0.4, -0.2) is 20.5 Å². The van der Waals surface area contributed by atoms with Crippen LogP contribution in [0.1, 0.15) is 11.1 Å². The smallest absolute Gasteiger partial charge is 0.418 e. The second-order valence-corrected chi connectivity index (χ2v) is 7.37. The number of hydrogen-bond acceptors (Lipinski definition) is 4. The summed E-state index contributed by atoms with van der Waals surface area (Å²) < 4.78 is 69.9. The molecule has 0 saturated carbocycles. The van der Waals surface area contributed by atoms with E-state index in [1.165, 1.54) is 37.4 Å². The van der Waals surface area contributed by atoms with Gasteiger partial charge in [-0.05, 0) is 23.3 Å². The largest absolute Gasteiger partial charge is 0.497 e. The quantitative estimate of drug-likeness (QED) is 0.674. The summed E-state index contributed by atoms with van der Waals surface area (Å²) in [5, 5.41) is 5.20. The Labute approximate surface area is 159 Å². The third kappa shape index (κ3) is 4.41. The van der Waals surface area contributed by atoms with E-state index in [-0.39, 0.29) is 12.1 Å². The highest BCUT2D eigenvalue weighted by Gasteiger charge is 2.35. The molecule has 148 valence electrons. The van der Waals surface area contributed by atoms with Crippen molar-refractivity contribution in [2.24, 2.45) is 5.14 Å². The van der Waals surface area contributed by atoms with Gasteiger partial charge >= 0.3 is 6.18 Å². The van der Waals surface area contributed by atoms with Gasteiger partial charge in [-0.25, -0.2) is 5.14 Å². The summed E-state index contributed by atoms with van der Waals surface area (Å²) in [6, 6.07) is 10.7. The van der Waals surface area contributed by atoms with Crippen molar-refractivity contribution in [1.82, 2.24) is 9.71 Å². The molecule has 10 heteroatoms. The monoisotopic (exact) mass is 411 g/mol. The van der Waals surface area contributed by atoms with Gasteiger partial charge < -0.3 is 4.74 Å². The second kappa shape index (κ2) is 7.38. The molecule has 3 rings (SSSR count). The SMILES string of the molecule is COc1ccc2c(-c3ccc(CNS(N)(=O)=O)cc3)c(C(F)(F)F)cnc2c1. The second-order valence-electron chi connectivity index (χ2n) is 5.99. The minimum Gasteiger partial charge on any atom is -0.497 e. The van der Waals surface area contributed by atoms with E-state index in [1.807, 2.05) is 0 Å². The van der Waals surface area contributed by atoms with Gasteiger partial charge in [0.2, 0.25) is 0 Å². The standard InChI is InChI=1S/C18H16F3N3O3S/c1-27-13-6-7-14-16(8-13)23-10-15(18(19,20)21)17(14)12-4-2-11(3-5-12)9-24-28(22,25)26/h2-8,10,24H,9H2,1H3,(H2,22,25,26). The Balaban J connectivity index is 2.12.